The van der Waals surface area contributed by atoms with Crippen molar-refractivity contribution in [3.8, 4) is 0 Å². The molecule has 1 atom stereocenters. The summed E-state index contributed by atoms with van der Waals surface area (Å²) < 4.78 is 0. The number of carbonyl (C=O) groups excluding carboxylic acids is 1. The zero-order valence-electron chi connectivity index (χ0n) is 20.7. The predicted octanol–water partition coefficient (Wildman–Crippen LogP) is 4.85. The van der Waals surface area contributed by atoms with Gasteiger partial charge in [-0.1, -0.05) is 12.8 Å². The lowest BCUT2D eigenvalue weighted by atomic mass is 9.82. The third-order valence-corrected chi connectivity index (χ3v) is 8.05. The van der Waals surface area contributed by atoms with Crippen LogP contribution in [0, 0.1) is 17.2 Å². The first-order valence-corrected chi connectivity index (χ1v) is 13.3. The highest BCUT2D eigenvalue weighted by molar-refractivity contribution is 5.89. The van der Waals surface area contributed by atoms with Crippen LogP contribution in [-0.2, 0) is 4.79 Å². The first kappa shape index (κ1) is 23.8. The number of aromatic nitrogens is 4. The Balaban J connectivity index is 1.07. The van der Waals surface area contributed by atoms with Crippen molar-refractivity contribution in [2.75, 3.05) is 24.2 Å². The third-order valence-electron chi connectivity index (χ3n) is 8.05. The van der Waals surface area contributed by atoms with Gasteiger partial charge in [-0.2, -0.15) is 10.1 Å². The average Bonchev–Trinajstić information content (AvgIpc) is 3.60. The third kappa shape index (κ3) is 6.00. The second-order valence-corrected chi connectivity index (χ2v) is 10.7. The fourth-order valence-corrected chi connectivity index (χ4v) is 5.98. The molecule has 3 fully saturated rings. The van der Waals surface area contributed by atoms with Crippen LogP contribution in [0.4, 0.5) is 17.6 Å². The molecule has 1 amide bonds. The van der Waals surface area contributed by atoms with Gasteiger partial charge in [0.25, 0.3) is 0 Å². The number of likely N-dealkylation sites (tertiary alicyclic amines) is 1. The van der Waals surface area contributed by atoms with Crippen molar-refractivity contribution < 1.29 is 4.79 Å². The van der Waals surface area contributed by atoms with E-state index in [-0.39, 0.29) is 11.8 Å². The Labute approximate surface area is 207 Å². The van der Waals surface area contributed by atoms with E-state index in [9.17, 15) is 4.79 Å². The van der Waals surface area contributed by atoms with E-state index < -0.39 is 0 Å². The topological polar surface area (TPSA) is 123 Å². The molecule has 2 aromatic rings. The molecule has 2 aliphatic carbocycles. The van der Waals surface area contributed by atoms with Crippen LogP contribution in [0.1, 0.15) is 82.2 Å². The van der Waals surface area contributed by atoms with Crippen molar-refractivity contribution in [2.45, 2.75) is 82.6 Å². The number of amides is 1. The van der Waals surface area contributed by atoms with Gasteiger partial charge in [0.1, 0.15) is 5.82 Å². The number of hydrogen-bond acceptors (Lipinski definition) is 7. The lowest BCUT2D eigenvalue weighted by molar-refractivity contribution is -0.129. The molecule has 1 saturated heterocycles. The molecule has 9 nitrogen and oxygen atoms in total. The Morgan fingerprint density at radius 2 is 1.91 bits per heavy atom. The van der Waals surface area contributed by atoms with Crippen molar-refractivity contribution in [2.24, 2.45) is 11.8 Å². The summed E-state index contributed by atoms with van der Waals surface area (Å²) >= 11 is 0. The lowest BCUT2D eigenvalue weighted by Gasteiger charge is -2.29. The molecule has 2 aromatic heterocycles. The van der Waals surface area contributed by atoms with Crippen molar-refractivity contribution in [3.05, 3.63) is 24.0 Å². The summed E-state index contributed by atoms with van der Waals surface area (Å²) in [7, 11) is 1.86. The molecule has 0 spiro atoms. The Kier molecular flexibility index (Phi) is 7.29. The maximum absolute atomic E-state index is 12.1. The highest BCUT2D eigenvalue weighted by atomic mass is 16.2. The molecule has 5 rings (SSSR count). The number of nitrogens with zero attached hydrogens (tertiary/aromatic N) is 4. The van der Waals surface area contributed by atoms with Crippen LogP contribution in [0.2, 0.25) is 0 Å². The standard InChI is InChI=1S/C26H38N8O/c1-34-13-11-19(25(34)35)15-20(27)14-17-6-8-21(9-7-17)29-26-28-12-10-23(31-26)30-24-16-22(32-33-24)18-4-2-3-5-18/h10,12,16-19,21,27H,2-9,11,13-15H2,1H3,(H3,28,29,30,31,32,33). The Bertz CT molecular complexity index is 1020. The van der Waals surface area contributed by atoms with E-state index in [1.807, 2.05) is 13.1 Å². The van der Waals surface area contributed by atoms with E-state index in [2.05, 4.69) is 36.9 Å². The van der Waals surface area contributed by atoms with Crippen LogP contribution >= 0.6 is 0 Å². The molecule has 0 radical (unpaired) electrons. The summed E-state index contributed by atoms with van der Waals surface area (Å²) in [4.78, 5) is 23.0. The summed E-state index contributed by atoms with van der Waals surface area (Å²) in [6, 6.07) is 4.31. The molecule has 3 heterocycles. The zero-order valence-corrected chi connectivity index (χ0v) is 20.7. The fraction of sp³-hybridized carbons (Fsp3) is 0.654. The van der Waals surface area contributed by atoms with Gasteiger partial charge in [0, 0.05) is 55.1 Å². The van der Waals surface area contributed by atoms with Crippen molar-refractivity contribution in [1.29, 1.82) is 5.41 Å². The van der Waals surface area contributed by atoms with Crippen LogP contribution in [0.15, 0.2) is 18.3 Å². The zero-order chi connectivity index (χ0) is 24.2. The normalized spacial score (nSPS) is 25.2. The number of H-pyrrole nitrogens is 1. The molecule has 3 aliphatic rings. The molecule has 0 bridgehead atoms. The molecule has 35 heavy (non-hydrogen) atoms. The van der Waals surface area contributed by atoms with Gasteiger partial charge in [-0.15, -0.1) is 0 Å². The number of rotatable bonds is 9. The minimum absolute atomic E-state index is 0.0271. The molecule has 188 valence electrons. The van der Waals surface area contributed by atoms with E-state index in [1.54, 1.807) is 11.1 Å². The monoisotopic (exact) mass is 478 g/mol. The van der Waals surface area contributed by atoms with Gasteiger partial charge in [0.15, 0.2) is 5.82 Å². The number of hydrogen-bond donors (Lipinski definition) is 4. The Morgan fingerprint density at radius 1 is 1.11 bits per heavy atom. The smallest absolute Gasteiger partial charge is 0.225 e. The minimum Gasteiger partial charge on any atom is -0.351 e. The van der Waals surface area contributed by atoms with E-state index in [1.165, 1.54) is 31.4 Å². The van der Waals surface area contributed by atoms with Gasteiger partial charge in [-0.3, -0.25) is 9.89 Å². The maximum Gasteiger partial charge on any atom is 0.225 e. The minimum atomic E-state index is 0.0271. The second kappa shape index (κ2) is 10.7. The molecule has 2 saturated carbocycles. The predicted molar refractivity (Wildman–Crippen MR) is 137 cm³/mol. The van der Waals surface area contributed by atoms with E-state index >= 15 is 0 Å². The van der Waals surface area contributed by atoms with Crippen molar-refractivity contribution >= 4 is 29.2 Å². The highest BCUT2D eigenvalue weighted by Crippen LogP contribution is 2.34. The largest absolute Gasteiger partial charge is 0.351 e. The second-order valence-electron chi connectivity index (χ2n) is 10.7. The maximum atomic E-state index is 12.1. The first-order valence-electron chi connectivity index (χ1n) is 13.3. The Hall–Kier alpha value is -2.97. The summed E-state index contributed by atoms with van der Waals surface area (Å²) in [6.45, 7) is 0.829. The summed E-state index contributed by atoms with van der Waals surface area (Å²) in [6.07, 6.45) is 13.5. The number of nitrogens with one attached hydrogen (secondary N) is 4. The van der Waals surface area contributed by atoms with Crippen LogP contribution < -0.4 is 10.6 Å². The average molecular weight is 479 g/mol. The van der Waals surface area contributed by atoms with Crippen LogP contribution in [-0.4, -0.2) is 56.3 Å². The molecule has 1 aliphatic heterocycles. The number of aromatic amines is 1. The summed E-state index contributed by atoms with van der Waals surface area (Å²) in [5.41, 5.74) is 1.95. The molecular formula is C26H38N8O. The first-order chi connectivity index (χ1) is 17.0. The van der Waals surface area contributed by atoms with Gasteiger partial charge in [-0.25, -0.2) is 4.98 Å². The fourth-order valence-electron chi connectivity index (χ4n) is 5.98. The van der Waals surface area contributed by atoms with Gasteiger partial charge >= 0.3 is 0 Å². The Morgan fingerprint density at radius 3 is 2.66 bits per heavy atom. The van der Waals surface area contributed by atoms with Gasteiger partial charge in [0.2, 0.25) is 11.9 Å². The van der Waals surface area contributed by atoms with Crippen molar-refractivity contribution in [3.63, 3.8) is 0 Å². The summed E-state index contributed by atoms with van der Waals surface area (Å²) in [5.74, 6) is 3.55. The van der Waals surface area contributed by atoms with E-state index in [0.29, 0.717) is 30.2 Å². The summed E-state index contributed by atoms with van der Waals surface area (Å²) in [5, 5.41) is 22.8. The van der Waals surface area contributed by atoms with Crippen LogP contribution in [0.5, 0.6) is 0 Å². The molecular weight excluding hydrogens is 440 g/mol. The molecule has 1 unspecified atom stereocenters. The molecule has 9 heteroatoms. The quantitative estimate of drug-likeness (QED) is 0.382. The van der Waals surface area contributed by atoms with Crippen molar-refractivity contribution in [1.82, 2.24) is 25.1 Å². The molecule has 0 aromatic carbocycles. The number of anilines is 3. The van der Waals surface area contributed by atoms with Gasteiger partial charge in [-0.05, 0) is 69.8 Å². The van der Waals surface area contributed by atoms with Crippen LogP contribution in [0.25, 0.3) is 0 Å². The SMILES string of the molecule is CN1CCC(CC(=N)CC2CCC(Nc3nccc(Nc4cc(C5CCCC5)[nH]n4)n3)CC2)C1=O. The van der Waals surface area contributed by atoms with Gasteiger partial charge in [0.05, 0.1) is 0 Å². The van der Waals surface area contributed by atoms with E-state index in [0.717, 1.165) is 62.4 Å². The molecule has 4 N–H and O–H groups in total. The van der Waals surface area contributed by atoms with Crippen LogP contribution in [0.3, 0.4) is 0 Å². The lowest BCUT2D eigenvalue weighted by Crippen LogP contribution is -2.28. The van der Waals surface area contributed by atoms with E-state index in [4.69, 9.17) is 5.41 Å². The highest BCUT2D eigenvalue weighted by Gasteiger charge is 2.31. The number of carbonyl (C=O) groups is 1. The van der Waals surface area contributed by atoms with Gasteiger partial charge < -0.3 is 20.9 Å².